The van der Waals surface area contributed by atoms with Crippen molar-refractivity contribution >= 4 is 22.8 Å². The third kappa shape index (κ3) is 3.99. The van der Waals surface area contributed by atoms with Gasteiger partial charge < -0.3 is 14.8 Å². The summed E-state index contributed by atoms with van der Waals surface area (Å²) in [6.07, 6.45) is 7.09. The minimum absolute atomic E-state index is 0.0404. The van der Waals surface area contributed by atoms with E-state index in [4.69, 9.17) is 4.98 Å². The van der Waals surface area contributed by atoms with Crippen molar-refractivity contribution in [3.63, 3.8) is 0 Å². The number of likely N-dealkylation sites (tertiary alicyclic amines) is 2. The van der Waals surface area contributed by atoms with Crippen molar-refractivity contribution < 1.29 is 9.59 Å². The number of carbonyl (C=O) groups excluding carboxylic acids is 2. The highest BCUT2D eigenvalue weighted by Crippen LogP contribution is 2.29. The number of aromatic amines is 1. The first kappa shape index (κ1) is 20.7. The Kier molecular flexibility index (Phi) is 5.64. The minimum Gasteiger partial charge on any atom is -0.342 e. The molecular weight excluding hydrogens is 402 g/mol. The Bertz CT molecular complexity index is 1100. The maximum Gasteiger partial charge on any atom is 0.254 e. The third-order valence-corrected chi connectivity index (χ3v) is 6.93. The van der Waals surface area contributed by atoms with Crippen molar-refractivity contribution in [3.05, 3.63) is 59.7 Å². The van der Waals surface area contributed by atoms with Gasteiger partial charge in [-0.25, -0.2) is 4.98 Å². The molecule has 7 nitrogen and oxygen atoms in total. The van der Waals surface area contributed by atoms with Crippen molar-refractivity contribution in [2.75, 3.05) is 26.2 Å². The Balaban J connectivity index is 1.20. The molecule has 0 spiro atoms. The van der Waals surface area contributed by atoms with Crippen LogP contribution in [0.1, 0.15) is 53.3 Å². The largest absolute Gasteiger partial charge is 0.342 e. The van der Waals surface area contributed by atoms with Crippen LogP contribution >= 0.6 is 0 Å². The second kappa shape index (κ2) is 8.73. The lowest BCUT2D eigenvalue weighted by Gasteiger charge is -2.37. The predicted molar refractivity (Wildman–Crippen MR) is 122 cm³/mol. The van der Waals surface area contributed by atoms with Gasteiger partial charge in [0, 0.05) is 43.9 Å². The van der Waals surface area contributed by atoms with Gasteiger partial charge in [-0.2, -0.15) is 0 Å². The predicted octanol–water partition coefficient (Wildman–Crippen LogP) is 3.52. The number of nitrogens with one attached hydrogen (secondary N) is 1. The zero-order valence-corrected chi connectivity index (χ0v) is 18.5. The Morgan fingerprint density at radius 3 is 2.62 bits per heavy atom. The molecule has 2 amide bonds. The van der Waals surface area contributed by atoms with Crippen LogP contribution in [0.2, 0.25) is 0 Å². The smallest absolute Gasteiger partial charge is 0.254 e. The van der Waals surface area contributed by atoms with Gasteiger partial charge >= 0.3 is 0 Å². The van der Waals surface area contributed by atoms with Crippen LogP contribution in [0.15, 0.2) is 42.7 Å². The molecular formula is C25H29N5O2. The van der Waals surface area contributed by atoms with Gasteiger partial charge in [-0.05, 0) is 50.3 Å². The van der Waals surface area contributed by atoms with Crippen LogP contribution < -0.4 is 0 Å². The number of aryl methyl sites for hydroxylation is 1. The Labute approximate surface area is 187 Å². The Hall–Kier alpha value is -3.22. The Morgan fingerprint density at radius 2 is 1.84 bits per heavy atom. The highest BCUT2D eigenvalue weighted by atomic mass is 16.2. The summed E-state index contributed by atoms with van der Waals surface area (Å²) >= 11 is 0. The van der Waals surface area contributed by atoms with Crippen molar-refractivity contribution in [2.45, 2.75) is 38.5 Å². The molecule has 3 aromatic rings. The summed E-state index contributed by atoms with van der Waals surface area (Å²) in [6, 6.07) is 9.60. The molecule has 7 heteroatoms. The molecule has 1 unspecified atom stereocenters. The standard InChI is InChI=1S/C25H29N5O2/c1-17-5-2-3-7-20(17)25(32)30-12-4-6-19(16-30)24(31)29-13-9-18(10-14-29)23-27-21-8-11-26-15-22(21)28-23/h2-3,5,7-8,11,15,18-19H,4,6,9-10,12-14,16H2,1H3,(H,27,28). The number of amides is 2. The van der Waals surface area contributed by atoms with Gasteiger partial charge in [0.15, 0.2) is 0 Å². The summed E-state index contributed by atoms with van der Waals surface area (Å²) in [5.74, 6) is 1.45. The maximum atomic E-state index is 13.3. The van der Waals surface area contributed by atoms with Gasteiger partial charge in [0.1, 0.15) is 5.82 Å². The van der Waals surface area contributed by atoms with Crippen LogP contribution in [0.5, 0.6) is 0 Å². The van der Waals surface area contributed by atoms with Gasteiger partial charge in [-0.3, -0.25) is 14.6 Å². The monoisotopic (exact) mass is 431 g/mol. The molecule has 166 valence electrons. The molecule has 1 atom stereocenters. The summed E-state index contributed by atoms with van der Waals surface area (Å²) in [7, 11) is 0. The van der Waals surface area contributed by atoms with E-state index in [1.807, 2.05) is 47.1 Å². The summed E-state index contributed by atoms with van der Waals surface area (Å²) in [4.78, 5) is 42.4. The van der Waals surface area contributed by atoms with Gasteiger partial charge in [0.2, 0.25) is 5.91 Å². The normalized spacial score (nSPS) is 20.0. The zero-order valence-electron chi connectivity index (χ0n) is 18.5. The van der Waals surface area contributed by atoms with Gasteiger partial charge in [0.05, 0.1) is 23.1 Å². The van der Waals surface area contributed by atoms with Crippen molar-refractivity contribution in [2.24, 2.45) is 5.92 Å². The highest BCUT2D eigenvalue weighted by molar-refractivity contribution is 5.96. The van der Waals surface area contributed by atoms with Gasteiger partial charge in [0.25, 0.3) is 5.91 Å². The molecule has 32 heavy (non-hydrogen) atoms. The zero-order chi connectivity index (χ0) is 22.1. The average molecular weight is 432 g/mol. The van der Waals surface area contributed by atoms with E-state index in [2.05, 4.69) is 9.97 Å². The number of nitrogens with zero attached hydrogens (tertiary/aromatic N) is 4. The molecule has 1 N–H and O–H groups in total. The van der Waals surface area contributed by atoms with Crippen LogP contribution in [0.25, 0.3) is 11.0 Å². The summed E-state index contributed by atoms with van der Waals surface area (Å²) in [5.41, 5.74) is 3.62. The minimum atomic E-state index is -0.106. The first-order valence-corrected chi connectivity index (χ1v) is 11.5. The molecule has 1 aromatic carbocycles. The topological polar surface area (TPSA) is 82.2 Å². The fourth-order valence-corrected chi connectivity index (χ4v) is 5.05. The number of aromatic nitrogens is 3. The van der Waals surface area contributed by atoms with Crippen LogP contribution in [0.3, 0.4) is 0 Å². The summed E-state index contributed by atoms with van der Waals surface area (Å²) in [6.45, 7) is 4.67. The van der Waals surface area contributed by atoms with Gasteiger partial charge in [-0.1, -0.05) is 18.2 Å². The van der Waals surface area contributed by atoms with E-state index in [-0.39, 0.29) is 17.7 Å². The number of piperidine rings is 2. The molecule has 0 saturated carbocycles. The summed E-state index contributed by atoms with van der Waals surface area (Å²) in [5, 5.41) is 0. The molecule has 2 aromatic heterocycles. The first-order valence-electron chi connectivity index (χ1n) is 11.5. The molecule has 2 aliphatic rings. The van der Waals surface area contributed by atoms with E-state index in [1.54, 1.807) is 12.4 Å². The molecule has 2 fully saturated rings. The fraction of sp³-hybridized carbons (Fsp3) is 0.440. The molecule has 0 radical (unpaired) electrons. The second-order valence-electron chi connectivity index (χ2n) is 9.02. The summed E-state index contributed by atoms with van der Waals surface area (Å²) < 4.78 is 0. The van der Waals surface area contributed by atoms with Gasteiger partial charge in [-0.15, -0.1) is 0 Å². The fourth-order valence-electron chi connectivity index (χ4n) is 5.05. The number of hydrogen-bond acceptors (Lipinski definition) is 4. The van der Waals surface area contributed by atoms with E-state index >= 15 is 0 Å². The molecule has 5 rings (SSSR count). The number of fused-ring (bicyclic) bond motifs is 1. The third-order valence-electron chi connectivity index (χ3n) is 6.93. The number of hydrogen-bond donors (Lipinski definition) is 1. The van der Waals surface area contributed by atoms with E-state index in [0.29, 0.717) is 12.5 Å². The lowest BCUT2D eigenvalue weighted by molar-refractivity contribution is -0.138. The molecule has 2 saturated heterocycles. The maximum absolute atomic E-state index is 13.3. The van der Waals surface area contributed by atoms with Crippen molar-refractivity contribution in [3.8, 4) is 0 Å². The van der Waals surface area contributed by atoms with Crippen LogP contribution in [-0.2, 0) is 4.79 Å². The van der Waals surface area contributed by atoms with Crippen molar-refractivity contribution in [1.29, 1.82) is 0 Å². The number of imidazole rings is 1. The van der Waals surface area contributed by atoms with E-state index in [0.717, 1.165) is 73.3 Å². The SMILES string of the molecule is Cc1ccccc1C(=O)N1CCCC(C(=O)N2CCC(c3nc4ccncc4[nH]3)CC2)C1. The molecule has 0 bridgehead atoms. The lowest BCUT2D eigenvalue weighted by Crippen LogP contribution is -2.48. The molecule has 0 aliphatic carbocycles. The first-order chi connectivity index (χ1) is 15.6. The molecule has 4 heterocycles. The molecule has 2 aliphatic heterocycles. The van der Waals surface area contributed by atoms with Crippen LogP contribution in [0.4, 0.5) is 0 Å². The quantitative estimate of drug-likeness (QED) is 0.688. The number of pyridine rings is 1. The van der Waals surface area contributed by atoms with E-state index in [9.17, 15) is 9.59 Å². The Morgan fingerprint density at radius 1 is 1.03 bits per heavy atom. The highest BCUT2D eigenvalue weighted by Gasteiger charge is 2.34. The van der Waals surface area contributed by atoms with Crippen LogP contribution in [-0.4, -0.2) is 62.7 Å². The second-order valence-corrected chi connectivity index (χ2v) is 9.02. The number of H-pyrrole nitrogens is 1. The number of benzene rings is 1. The number of rotatable bonds is 3. The van der Waals surface area contributed by atoms with E-state index < -0.39 is 0 Å². The number of carbonyl (C=O) groups is 2. The average Bonchev–Trinajstić information content (AvgIpc) is 3.28. The van der Waals surface area contributed by atoms with E-state index in [1.165, 1.54) is 0 Å². The van der Waals surface area contributed by atoms with Crippen LogP contribution in [0, 0.1) is 12.8 Å². The lowest BCUT2D eigenvalue weighted by atomic mass is 9.92. The van der Waals surface area contributed by atoms with Crippen molar-refractivity contribution in [1.82, 2.24) is 24.8 Å².